The number of anilines is 1. The second kappa shape index (κ2) is 7.89. The molecule has 1 saturated heterocycles. The van der Waals surface area contributed by atoms with E-state index in [4.69, 9.17) is 23.2 Å². The number of hydrogen-bond acceptors (Lipinski definition) is 2. The minimum Gasteiger partial charge on any atom is -0.339 e. The highest BCUT2D eigenvalue weighted by Gasteiger charge is 2.28. The maximum absolute atomic E-state index is 12.5. The van der Waals surface area contributed by atoms with Crippen molar-refractivity contribution in [2.24, 2.45) is 5.92 Å². The maximum Gasteiger partial charge on any atom is 0.253 e. The number of para-hydroxylation sites is 1. The van der Waals surface area contributed by atoms with Crippen LogP contribution in [0.3, 0.4) is 0 Å². The fourth-order valence-electron chi connectivity index (χ4n) is 2.95. The number of amides is 2. The van der Waals surface area contributed by atoms with Crippen LogP contribution in [0.25, 0.3) is 0 Å². The van der Waals surface area contributed by atoms with Crippen LogP contribution in [0.2, 0.25) is 10.0 Å². The average Bonchev–Trinajstić information content (AvgIpc) is 2.65. The summed E-state index contributed by atoms with van der Waals surface area (Å²) >= 11 is 12.2. The van der Waals surface area contributed by atoms with E-state index in [9.17, 15) is 9.59 Å². The first-order chi connectivity index (χ1) is 12.1. The number of likely N-dealkylation sites (tertiary alicyclic amines) is 1. The molecule has 4 nitrogen and oxygen atoms in total. The van der Waals surface area contributed by atoms with Gasteiger partial charge in [0.2, 0.25) is 5.91 Å². The summed E-state index contributed by atoms with van der Waals surface area (Å²) in [5, 5.41) is 3.65. The second-order valence-corrected chi connectivity index (χ2v) is 6.83. The monoisotopic (exact) mass is 376 g/mol. The number of nitrogens with one attached hydrogen (secondary N) is 1. The molecular weight excluding hydrogens is 359 g/mol. The van der Waals surface area contributed by atoms with Crippen LogP contribution in [0, 0.1) is 5.92 Å². The SMILES string of the molecule is O=C(Nc1c(Cl)cccc1Cl)C1CCN(C(=O)c2ccccc2)CC1. The smallest absolute Gasteiger partial charge is 0.253 e. The Morgan fingerprint density at radius 1 is 0.920 bits per heavy atom. The lowest BCUT2D eigenvalue weighted by molar-refractivity contribution is -0.121. The molecule has 0 spiro atoms. The van der Waals surface area contributed by atoms with Crippen LogP contribution in [0.5, 0.6) is 0 Å². The largest absolute Gasteiger partial charge is 0.339 e. The van der Waals surface area contributed by atoms with Crippen molar-refractivity contribution in [1.29, 1.82) is 0 Å². The van der Waals surface area contributed by atoms with Crippen LogP contribution in [0.4, 0.5) is 5.69 Å². The van der Waals surface area contributed by atoms with Gasteiger partial charge < -0.3 is 10.2 Å². The number of piperidine rings is 1. The Morgan fingerprint density at radius 2 is 1.52 bits per heavy atom. The van der Waals surface area contributed by atoms with Gasteiger partial charge in [0.25, 0.3) is 5.91 Å². The van der Waals surface area contributed by atoms with Crippen molar-refractivity contribution in [3.63, 3.8) is 0 Å². The van der Waals surface area contributed by atoms with E-state index < -0.39 is 0 Å². The van der Waals surface area contributed by atoms with Gasteiger partial charge in [-0.1, -0.05) is 47.5 Å². The zero-order valence-corrected chi connectivity index (χ0v) is 15.1. The van der Waals surface area contributed by atoms with Crippen LogP contribution >= 0.6 is 23.2 Å². The molecule has 0 radical (unpaired) electrons. The average molecular weight is 377 g/mol. The summed E-state index contributed by atoms with van der Waals surface area (Å²) in [6.45, 7) is 1.12. The van der Waals surface area contributed by atoms with Crippen LogP contribution in [0.1, 0.15) is 23.2 Å². The van der Waals surface area contributed by atoms with Crippen molar-refractivity contribution in [1.82, 2.24) is 4.90 Å². The van der Waals surface area contributed by atoms with Crippen LogP contribution in [-0.2, 0) is 4.79 Å². The van der Waals surface area contributed by atoms with E-state index in [1.165, 1.54) is 0 Å². The number of benzene rings is 2. The zero-order chi connectivity index (χ0) is 17.8. The van der Waals surface area contributed by atoms with E-state index >= 15 is 0 Å². The molecule has 2 aromatic rings. The lowest BCUT2D eigenvalue weighted by atomic mass is 9.95. The molecule has 1 aliphatic rings. The molecule has 1 N–H and O–H groups in total. The molecule has 1 heterocycles. The van der Waals surface area contributed by atoms with E-state index in [2.05, 4.69) is 5.32 Å². The molecule has 2 aromatic carbocycles. The minimum absolute atomic E-state index is 0.00797. The minimum atomic E-state index is -0.160. The fourth-order valence-corrected chi connectivity index (χ4v) is 3.44. The summed E-state index contributed by atoms with van der Waals surface area (Å²) in [7, 11) is 0. The summed E-state index contributed by atoms with van der Waals surface area (Å²) in [5.41, 5.74) is 1.12. The van der Waals surface area contributed by atoms with Gasteiger partial charge in [-0.05, 0) is 37.1 Å². The highest BCUT2D eigenvalue weighted by Crippen LogP contribution is 2.31. The van der Waals surface area contributed by atoms with Gasteiger partial charge in [-0.25, -0.2) is 0 Å². The van der Waals surface area contributed by atoms with Gasteiger partial charge in [0.1, 0.15) is 0 Å². The second-order valence-electron chi connectivity index (χ2n) is 6.02. The van der Waals surface area contributed by atoms with Crippen molar-refractivity contribution < 1.29 is 9.59 Å². The summed E-state index contributed by atoms with van der Waals surface area (Å²) < 4.78 is 0. The molecule has 0 aliphatic carbocycles. The molecule has 130 valence electrons. The van der Waals surface area contributed by atoms with Gasteiger partial charge in [-0.3, -0.25) is 9.59 Å². The molecule has 0 atom stereocenters. The van der Waals surface area contributed by atoms with Crippen molar-refractivity contribution in [3.05, 3.63) is 64.1 Å². The standard InChI is InChI=1S/C19H18Cl2N2O2/c20-15-7-4-8-16(21)17(15)22-18(24)13-9-11-23(12-10-13)19(25)14-5-2-1-3-6-14/h1-8,13H,9-12H2,(H,22,24). The summed E-state index contributed by atoms with van der Waals surface area (Å²) in [5.74, 6) is -0.262. The van der Waals surface area contributed by atoms with E-state index in [0.717, 1.165) is 0 Å². The van der Waals surface area contributed by atoms with Crippen LogP contribution in [0.15, 0.2) is 48.5 Å². The third-order valence-electron chi connectivity index (χ3n) is 4.38. The fraction of sp³-hybridized carbons (Fsp3) is 0.263. The highest BCUT2D eigenvalue weighted by atomic mass is 35.5. The van der Waals surface area contributed by atoms with E-state index in [1.54, 1.807) is 35.2 Å². The molecule has 1 aliphatic heterocycles. The predicted octanol–water partition coefficient (Wildman–Crippen LogP) is 4.48. The first kappa shape index (κ1) is 17.8. The van der Waals surface area contributed by atoms with E-state index in [1.807, 2.05) is 18.2 Å². The van der Waals surface area contributed by atoms with Gasteiger partial charge in [0.15, 0.2) is 0 Å². The van der Waals surface area contributed by atoms with Crippen molar-refractivity contribution in [3.8, 4) is 0 Å². The quantitative estimate of drug-likeness (QED) is 0.857. The summed E-state index contributed by atoms with van der Waals surface area (Å²) in [4.78, 5) is 26.7. The van der Waals surface area contributed by atoms with Gasteiger partial charge in [0.05, 0.1) is 15.7 Å². The molecule has 6 heteroatoms. The summed E-state index contributed by atoms with van der Waals surface area (Å²) in [6.07, 6.45) is 1.24. The molecule has 2 amide bonds. The first-order valence-electron chi connectivity index (χ1n) is 8.15. The number of carbonyl (C=O) groups is 2. The van der Waals surface area contributed by atoms with Crippen LogP contribution < -0.4 is 5.32 Å². The molecule has 0 bridgehead atoms. The summed E-state index contributed by atoms with van der Waals surface area (Å²) in [6, 6.07) is 14.3. The Hall–Kier alpha value is -2.04. The molecule has 0 saturated carbocycles. The van der Waals surface area contributed by atoms with Gasteiger partial charge in [0, 0.05) is 24.6 Å². The Bertz CT molecular complexity index is 752. The number of hydrogen-bond donors (Lipinski definition) is 1. The van der Waals surface area contributed by atoms with Gasteiger partial charge >= 0.3 is 0 Å². The Morgan fingerprint density at radius 3 is 2.12 bits per heavy atom. The van der Waals surface area contributed by atoms with Crippen molar-refractivity contribution >= 4 is 40.7 Å². The first-order valence-corrected chi connectivity index (χ1v) is 8.91. The highest BCUT2D eigenvalue weighted by molar-refractivity contribution is 6.39. The molecule has 0 aromatic heterocycles. The molecular formula is C19H18Cl2N2O2. The van der Waals surface area contributed by atoms with E-state index in [0.29, 0.717) is 47.2 Å². The van der Waals surface area contributed by atoms with Gasteiger partial charge in [-0.15, -0.1) is 0 Å². The normalized spacial score (nSPS) is 15.0. The zero-order valence-electron chi connectivity index (χ0n) is 13.5. The van der Waals surface area contributed by atoms with Crippen molar-refractivity contribution in [2.75, 3.05) is 18.4 Å². The lowest BCUT2D eigenvalue weighted by Gasteiger charge is -2.31. The van der Waals surface area contributed by atoms with E-state index in [-0.39, 0.29) is 17.7 Å². The Balaban J connectivity index is 1.59. The predicted molar refractivity (Wildman–Crippen MR) is 100 cm³/mol. The van der Waals surface area contributed by atoms with Gasteiger partial charge in [-0.2, -0.15) is 0 Å². The Labute approximate surface area is 156 Å². The number of nitrogens with zero attached hydrogens (tertiary/aromatic N) is 1. The topological polar surface area (TPSA) is 49.4 Å². The number of carbonyl (C=O) groups excluding carboxylic acids is 2. The molecule has 3 rings (SSSR count). The van der Waals surface area contributed by atoms with Crippen molar-refractivity contribution in [2.45, 2.75) is 12.8 Å². The number of halogens is 2. The van der Waals surface area contributed by atoms with Crippen LogP contribution in [-0.4, -0.2) is 29.8 Å². The molecule has 1 fully saturated rings. The third kappa shape index (κ3) is 4.14. The third-order valence-corrected chi connectivity index (χ3v) is 5.01. The maximum atomic E-state index is 12.5. The number of rotatable bonds is 3. The molecule has 25 heavy (non-hydrogen) atoms. The molecule has 0 unspecified atom stereocenters. The Kier molecular flexibility index (Phi) is 5.61. The lowest BCUT2D eigenvalue weighted by Crippen LogP contribution is -2.41.